The Bertz CT molecular complexity index is 189. The highest BCUT2D eigenvalue weighted by Gasteiger charge is 2.26. The van der Waals surface area contributed by atoms with Gasteiger partial charge in [0.05, 0.1) is 6.61 Å². The van der Waals surface area contributed by atoms with Gasteiger partial charge in [0.2, 0.25) is 5.91 Å². The first-order chi connectivity index (χ1) is 6.65. The second kappa shape index (κ2) is 5.32. The van der Waals surface area contributed by atoms with Gasteiger partial charge in [0, 0.05) is 18.5 Å². The molecule has 0 bridgehead atoms. The molecule has 1 aliphatic carbocycles. The largest absolute Gasteiger partial charge is 0.395 e. The van der Waals surface area contributed by atoms with Crippen LogP contribution in [0.25, 0.3) is 0 Å². The molecule has 82 valence electrons. The van der Waals surface area contributed by atoms with Crippen molar-refractivity contribution in [2.45, 2.75) is 31.7 Å². The number of carbonyl (C=O) groups excluding carboxylic acids is 1. The minimum absolute atomic E-state index is 0.0776. The van der Waals surface area contributed by atoms with Crippen molar-refractivity contribution in [2.75, 3.05) is 20.2 Å². The number of amides is 1. The fourth-order valence-electron chi connectivity index (χ4n) is 2.14. The van der Waals surface area contributed by atoms with Crippen molar-refractivity contribution in [1.82, 2.24) is 4.90 Å². The van der Waals surface area contributed by atoms with E-state index in [9.17, 15) is 4.79 Å². The molecule has 0 atom stereocenters. The Kier molecular flexibility index (Phi) is 4.35. The predicted molar refractivity (Wildman–Crippen MR) is 54.7 cm³/mol. The van der Waals surface area contributed by atoms with Gasteiger partial charge in [0.15, 0.2) is 0 Å². The molecule has 4 nitrogen and oxygen atoms in total. The zero-order valence-electron chi connectivity index (χ0n) is 8.78. The first-order valence-electron chi connectivity index (χ1n) is 5.25. The fraction of sp³-hybridized carbons (Fsp3) is 0.900. The lowest BCUT2D eigenvalue weighted by atomic mass is 9.85. The number of hydrogen-bond acceptors (Lipinski definition) is 3. The molecule has 4 heteroatoms. The first kappa shape index (κ1) is 11.5. The van der Waals surface area contributed by atoms with Gasteiger partial charge in [-0.05, 0) is 32.7 Å². The van der Waals surface area contributed by atoms with E-state index >= 15 is 0 Å². The van der Waals surface area contributed by atoms with Crippen LogP contribution in [0.1, 0.15) is 25.7 Å². The van der Waals surface area contributed by atoms with Crippen molar-refractivity contribution in [1.29, 1.82) is 0 Å². The van der Waals surface area contributed by atoms with Crippen LogP contribution in [0.5, 0.6) is 0 Å². The van der Waals surface area contributed by atoms with E-state index in [1.165, 1.54) is 0 Å². The number of aliphatic hydroxyl groups is 1. The molecule has 1 aliphatic rings. The van der Waals surface area contributed by atoms with Crippen LogP contribution in [0.4, 0.5) is 0 Å². The summed E-state index contributed by atoms with van der Waals surface area (Å²) in [6.07, 6.45) is 3.83. The average Bonchev–Trinajstić information content (AvgIpc) is 2.18. The molecule has 14 heavy (non-hydrogen) atoms. The van der Waals surface area contributed by atoms with Crippen LogP contribution >= 0.6 is 0 Å². The van der Waals surface area contributed by atoms with Crippen molar-refractivity contribution in [3.8, 4) is 0 Å². The summed E-state index contributed by atoms with van der Waals surface area (Å²) in [4.78, 5) is 13.1. The van der Waals surface area contributed by atoms with Crippen molar-refractivity contribution in [3.05, 3.63) is 0 Å². The predicted octanol–water partition coefficient (Wildman–Crippen LogP) is -0.0454. The van der Waals surface area contributed by atoms with Crippen LogP contribution in [-0.2, 0) is 4.79 Å². The van der Waals surface area contributed by atoms with Crippen molar-refractivity contribution < 1.29 is 9.90 Å². The summed E-state index contributed by atoms with van der Waals surface area (Å²) < 4.78 is 0. The third-order valence-corrected chi connectivity index (χ3v) is 3.18. The Hall–Kier alpha value is -0.610. The van der Waals surface area contributed by atoms with E-state index in [-0.39, 0.29) is 18.4 Å². The summed E-state index contributed by atoms with van der Waals surface area (Å²) in [5.41, 5.74) is 5.25. The standard InChI is InChI=1S/C10H20N2O2/c1-12(6-7-13)9-4-2-8(3-5-9)10(11)14/h8-9,13H,2-7H2,1H3,(H2,11,14). The highest BCUT2D eigenvalue weighted by Crippen LogP contribution is 2.26. The molecule has 1 saturated carbocycles. The van der Waals surface area contributed by atoms with E-state index in [0.29, 0.717) is 12.6 Å². The van der Waals surface area contributed by atoms with Gasteiger partial charge in [0.25, 0.3) is 0 Å². The molecule has 1 rings (SSSR count). The highest BCUT2D eigenvalue weighted by molar-refractivity contribution is 5.76. The minimum Gasteiger partial charge on any atom is -0.395 e. The average molecular weight is 200 g/mol. The van der Waals surface area contributed by atoms with Crippen LogP contribution < -0.4 is 5.73 Å². The van der Waals surface area contributed by atoms with Gasteiger partial charge in [-0.1, -0.05) is 0 Å². The zero-order chi connectivity index (χ0) is 10.6. The molecule has 1 fully saturated rings. The van der Waals surface area contributed by atoms with Crippen molar-refractivity contribution in [3.63, 3.8) is 0 Å². The molecule has 0 aromatic rings. The van der Waals surface area contributed by atoms with Gasteiger partial charge in [-0.25, -0.2) is 0 Å². The molecule has 0 spiro atoms. The maximum atomic E-state index is 10.9. The highest BCUT2D eigenvalue weighted by atomic mass is 16.3. The maximum Gasteiger partial charge on any atom is 0.220 e. The second-order valence-corrected chi connectivity index (χ2v) is 4.11. The topological polar surface area (TPSA) is 66.6 Å². The Labute approximate surface area is 85.1 Å². The number of likely N-dealkylation sites (N-methyl/N-ethyl adjacent to an activating group) is 1. The lowest BCUT2D eigenvalue weighted by Gasteiger charge is -2.33. The molecule has 0 aromatic heterocycles. The van der Waals surface area contributed by atoms with Crippen LogP contribution in [0.15, 0.2) is 0 Å². The van der Waals surface area contributed by atoms with Gasteiger partial charge < -0.3 is 15.7 Å². The molecule has 3 N–H and O–H groups in total. The summed E-state index contributed by atoms with van der Waals surface area (Å²) >= 11 is 0. The fourth-order valence-corrected chi connectivity index (χ4v) is 2.14. The Balaban J connectivity index is 2.31. The number of hydrogen-bond donors (Lipinski definition) is 2. The number of primary amides is 1. The maximum absolute atomic E-state index is 10.9. The molecule has 0 unspecified atom stereocenters. The lowest BCUT2D eigenvalue weighted by Crippen LogP contribution is -2.39. The smallest absolute Gasteiger partial charge is 0.220 e. The lowest BCUT2D eigenvalue weighted by molar-refractivity contribution is -0.123. The Morgan fingerprint density at radius 2 is 2.00 bits per heavy atom. The molecule has 0 radical (unpaired) electrons. The summed E-state index contributed by atoms with van der Waals surface area (Å²) in [5.74, 6) is -0.0814. The molecule has 0 heterocycles. The second-order valence-electron chi connectivity index (χ2n) is 4.11. The Morgan fingerprint density at radius 3 is 2.43 bits per heavy atom. The quantitative estimate of drug-likeness (QED) is 0.669. The summed E-state index contributed by atoms with van der Waals surface area (Å²) in [7, 11) is 2.02. The number of aliphatic hydroxyl groups excluding tert-OH is 1. The van der Waals surface area contributed by atoms with E-state index < -0.39 is 0 Å². The van der Waals surface area contributed by atoms with E-state index in [4.69, 9.17) is 10.8 Å². The van der Waals surface area contributed by atoms with E-state index in [1.54, 1.807) is 0 Å². The SMILES string of the molecule is CN(CCO)C1CCC(C(N)=O)CC1. The van der Waals surface area contributed by atoms with Gasteiger partial charge in [-0.2, -0.15) is 0 Å². The first-order valence-corrected chi connectivity index (χ1v) is 5.25. The number of nitrogens with two attached hydrogens (primary N) is 1. The van der Waals surface area contributed by atoms with Gasteiger partial charge >= 0.3 is 0 Å². The summed E-state index contributed by atoms with van der Waals surface area (Å²) in [6, 6.07) is 0.512. The number of carbonyl (C=O) groups is 1. The third kappa shape index (κ3) is 2.96. The number of rotatable bonds is 4. The molecule has 0 aromatic carbocycles. The van der Waals surface area contributed by atoms with Crippen molar-refractivity contribution in [2.24, 2.45) is 11.7 Å². The third-order valence-electron chi connectivity index (χ3n) is 3.18. The minimum atomic E-state index is -0.159. The molecule has 1 amide bonds. The van der Waals surface area contributed by atoms with Crippen LogP contribution in [0, 0.1) is 5.92 Å². The normalized spacial score (nSPS) is 27.9. The number of nitrogens with zero attached hydrogens (tertiary/aromatic N) is 1. The summed E-state index contributed by atoms with van der Waals surface area (Å²) in [6.45, 7) is 0.915. The summed E-state index contributed by atoms with van der Waals surface area (Å²) in [5, 5.41) is 8.79. The molecule has 0 aliphatic heterocycles. The van der Waals surface area contributed by atoms with Crippen LogP contribution in [-0.4, -0.2) is 42.2 Å². The molecular formula is C10H20N2O2. The van der Waals surface area contributed by atoms with Crippen molar-refractivity contribution >= 4 is 5.91 Å². The van der Waals surface area contributed by atoms with E-state index in [2.05, 4.69) is 4.90 Å². The zero-order valence-corrected chi connectivity index (χ0v) is 8.78. The van der Waals surface area contributed by atoms with E-state index in [1.807, 2.05) is 7.05 Å². The Morgan fingerprint density at radius 1 is 1.43 bits per heavy atom. The van der Waals surface area contributed by atoms with Crippen LogP contribution in [0.2, 0.25) is 0 Å². The monoisotopic (exact) mass is 200 g/mol. The van der Waals surface area contributed by atoms with Gasteiger partial charge in [-0.15, -0.1) is 0 Å². The van der Waals surface area contributed by atoms with Crippen LogP contribution in [0.3, 0.4) is 0 Å². The van der Waals surface area contributed by atoms with Gasteiger partial charge in [0.1, 0.15) is 0 Å². The van der Waals surface area contributed by atoms with Gasteiger partial charge in [-0.3, -0.25) is 4.79 Å². The molecule has 0 saturated heterocycles. The van der Waals surface area contributed by atoms with E-state index in [0.717, 1.165) is 25.7 Å². The molecular weight excluding hydrogens is 180 g/mol.